The molecule has 1 aromatic carbocycles. The summed E-state index contributed by atoms with van der Waals surface area (Å²) in [5.74, 6) is -1.18. The first-order chi connectivity index (χ1) is 11.9. The molecule has 7 heteroatoms. The molecule has 6 nitrogen and oxygen atoms in total. The van der Waals surface area contributed by atoms with Crippen LogP contribution in [0.2, 0.25) is 0 Å². The minimum Gasteiger partial charge on any atom is -0.481 e. The van der Waals surface area contributed by atoms with E-state index < -0.39 is 12.0 Å². The second-order valence-corrected chi connectivity index (χ2v) is 7.06. The van der Waals surface area contributed by atoms with Gasteiger partial charge in [-0.2, -0.15) is 5.10 Å². The topological polar surface area (TPSA) is 84.2 Å². The SMILES string of the molecule is Cc1nn(Cc2ccccc2)c2sc(C(=O)N[C@H](C)CC(=O)O)cc12. The van der Waals surface area contributed by atoms with Crippen LogP contribution in [0.3, 0.4) is 0 Å². The zero-order chi connectivity index (χ0) is 18.0. The molecular weight excluding hydrogens is 338 g/mol. The highest BCUT2D eigenvalue weighted by Crippen LogP contribution is 2.29. The number of nitrogens with one attached hydrogen (secondary N) is 1. The zero-order valence-corrected chi connectivity index (χ0v) is 14.8. The summed E-state index contributed by atoms with van der Waals surface area (Å²) < 4.78 is 1.90. The first-order valence-electron chi connectivity index (χ1n) is 7.97. The zero-order valence-electron chi connectivity index (χ0n) is 14.0. The maximum Gasteiger partial charge on any atom is 0.305 e. The second kappa shape index (κ2) is 7.06. The van der Waals surface area contributed by atoms with Crippen LogP contribution in [0.1, 0.15) is 34.3 Å². The van der Waals surface area contributed by atoms with Crippen molar-refractivity contribution in [2.75, 3.05) is 0 Å². The molecule has 3 aromatic rings. The minimum atomic E-state index is -0.932. The average Bonchev–Trinajstić information content (AvgIpc) is 3.10. The number of benzene rings is 1. The van der Waals surface area contributed by atoms with E-state index in [4.69, 9.17) is 5.11 Å². The number of carboxylic acids is 1. The van der Waals surface area contributed by atoms with Crippen molar-refractivity contribution >= 4 is 33.4 Å². The van der Waals surface area contributed by atoms with Crippen molar-refractivity contribution in [1.82, 2.24) is 15.1 Å². The van der Waals surface area contributed by atoms with E-state index in [1.165, 1.54) is 11.3 Å². The molecule has 0 bridgehead atoms. The Hall–Kier alpha value is -2.67. The van der Waals surface area contributed by atoms with Gasteiger partial charge in [0.15, 0.2) is 0 Å². The van der Waals surface area contributed by atoms with Gasteiger partial charge in [-0.3, -0.25) is 14.3 Å². The molecule has 0 aliphatic heterocycles. The van der Waals surface area contributed by atoms with E-state index in [1.54, 1.807) is 6.92 Å². The van der Waals surface area contributed by atoms with E-state index in [0.29, 0.717) is 11.4 Å². The van der Waals surface area contributed by atoms with E-state index in [-0.39, 0.29) is 12.3 Å². The third-order valence-corrected chi connectivity index (χ3v) is 5.01. The van der Waals surface area contributed by atoms with E-state index in [0.717, 1.165) is 21.5 Å². The number of hydrogen-bond donors (Lipinski definition) is 2. The molecule has 2 heterocycles. The number of carbonyl (C=O) groups excluding carboxylic acids is 1. The van der Waals surface area contributed by atoms with Crippen molar-refractivity contribution in [1.29, 1.82) is 0 Å². The summed E-state index contributed by atoms with van der Waals surface area (Å²) in [6.45, 7) is 4.25. The first kappa shape index (κ1) is 17.2. The molecule has 0 aliphatic rings. The van der Waals surface area contributed by atoms with Gasteiger partial charge in [0.2, 0.25) is 0 Å². The minimum absolute atomic E-state index is 0.0998. The number of nitrogens with zero attached hydrogens (tertiary/aromatic N) is 2. The van der Waals surface area contributed by atoms with E-state index in [1.807, 2.05) is 48.0 Å². The predicted octanol–water partition coefficient (Wildman–Crippen LogP) is 3.05. The van der Waals surface area contributed by atoms with Crippen LogP contribution in [-0.4, -0.2) is 32.8 Å². The molecule has 0 saturated carbocycles. The number of amides is 1. The Labute approximate surface area is 149 Å². The van der Waals surface area contributed by atoms with Crippen LogP contribution >= 0.6 is 11.3 Å². The second-order valence-electron chi connectivity index (χ2n) is 6.03. The largest absolute Gasteiger partial charge is 0.481 e. The lowest BCUT2D eigenvalue weighted by molar-refractivity contribution is -0.137. The smallest absolute Gasteiger partial charge is 0.305 e. The molecule has 25 heavy (non-hydrogen) atoms. The van der Waals surface area contributed by atoms with E-state index >= 15 is 0 Å². The number of thiophene rings is 1. The highest BCUT2D eigenvalue weighted by atomic mass is 32.1. The normalized spacial score (nSPS) is 12.2. The first-order valence-corrected chi connectivity index (χ1v) is 8.79. The van der Waals surface area contributed by atoms with Gasteiger partial charge in [0.25, 0.3) is 5.91 Å². The number of fused-ring (bicyclic) bond motifs is 1. The van der Waals surface area contributed by atoms with Crippen LogP contribution in [0.4, 0.5) is 0 Å². The quantitative estimate of drug-likeness (QED) is 0.710. The fourth-order valence-corrected chi connectivity index (χ4v) is 3.76. The monoisotopic (exact) mass is 357 g/mol. The van der Waals surface area contributed by atoms with Crippen molar-refractivity contribution in [2.24, 2.45) is 0 Å². The fourth-order valence-electron chi connectivity index (χ4n) is 2.70. The van der Waals surface area contributed by atoms with Crippen LogP contribution in [0, 0.1) is 6.92 Å². The molecular formula is C18H19N3O3S. The molecule has 1 amide bonds. The summed E-state index contributed by atoms with van der Waals surface area (Å²) >= 11 is 1.37. The van der Waals surface area contributed by atoms with Gasteiger partial charge in [0, 0.05) is 11.4 Å². The number of hydrogen-bond acceptors (Lipinski definition) is 4. The molecule has 0 radical (unpaired) electrons. The summed E-state index contributed by atoms with van der Waals surface area (Å²) in [5.41, 5.74) is 2.01. The molecule has 2 aromatic heterocycles. The van der Waals surface area contributed by atoms with Gasteiger partial charge in [0.05, 0.1) is 23.5 Å². The van der Waals surface area contributed by atoms with Gasteiger partial charge in [0.1, 0.15) is 4.83 Å². The molecule has 1 atom stereocenters. The van der Waals surface area contributed by atoms with Crippen molar-refractivity contribution in [3.63, 3.8) is 0 Å². The predicted molar refractivity (Wildman–Crippen MR) is 97.1 cm³/mol. The summed E-state index contributed by atoms with van der Waals surface area (Å²) in [4.78, 5) is 24.6. The third kappa shape index (κ3) is 3.88. The Morgan fingerprint density at radius 3 is 2.72 bits per heavy atom. The van der Waals surface area contributed by atoms with Crippen LogP contribution in [-0.2, 0) is 11.3 Å². The molecule has 130 valence electrons. The summed E-state index contributed by atoms with van der Waals surface area (Å²) in [6.07, 6.45) is -0.0998. The molecule has 0 spiro atoms. The Bertz CT molecular complexity index is 914. The Kier molecular flexibility index (Phi) is 4.85. The lowest BCUT2D eigenvalue weighted by atomic mass is 10.2. The molecule has 0 fully saturated rings. The van der Waals surface area contributed by atoms with Gasteiger partial charge in [-0.1, -0.05) is 30.3 Å². The average molecular weight is 357 g/mol. The molecule has 2 N–H and O–H groups in total. The summed E-state index contributed by atoms with van der Waals surface area (Å²) in [6, 6.07) is 11.4. The maximum atomic E-state index is 12.4. The Morgan fingerprint density at radius 2 is 2.04 bits per heavy atom. The van der Waals surface area contributed by atoms with Gasteiger partial charge in [-0.15, -0.1) is 11.3 Å². The highest BCUT2D eigenvalue weighted by molar-refractivity contribution is 7.20. The van der Waals surface area contributed by atoms with Crippen molar-refractivity contribution < 1.29 is 14.7 Å². The van der Waals surface area contributed by atoms with Gasteiger partial charge in [-0.05, 0) is 25.5 Å². The number of aryl methyl sites for hydroxylation is 1. The van der Waals surface area contributed by atoms with E-state index in [9.17, 15) is 9.59 Å². The van der Waals surface area contributed by atoms with E-state index in [2.05, 4.69) is 10.4 Å². The van der Waals surface area contributed by atoms with Crippen molar-refractivity contribution in [3.05, 3.63) is 52.5 Å². The summed E-state index contributed by atoms with van der Waals surface area (Å²) in [7, 11) is 0. The highest BCUT2D eigenvalue weighted by Gasteiger charge is 2.18. The molecule has 0 saturated heterocycles. The number of aromatic nitrogens is 2. The van der Waals surface area contributed by atoms with Crippen molar-refractivity contribution in [3.8, 4) is 0 Å². The Balaban J connectivity index is 1.83. The van der Waals surface area contributed by atoms with Gasteiger partial charge >= 0.3 is 5.97 Å². The van der Waals surface area contributed by atoms with Crippen LogP contribution in [0.25, 0.3) is 10.2 Å². The summed E-state index contributed by atoms with van der Waals surface area (Å²) in [5, 5.41) is 17.0. The fraction of sp³-hybridized carbons (Fsp3) is 0.278. The standard InChI is InChI=1S/C18H19N3O3S/c1-11(8-16(22)23)19-17(24)15-9-14-12(2)20-21(18(14)25-15)10-13-6-4-3-5-7-13/h3-7,9,11H,8,10H2,1-2H3,(H,19,24)(H,22,23)/t11-/m1/s1. The third-order valence-electron chi connectivity index (χ3n) is 3.86. The lowest BCUT2D eigenvalue weighted by Crippen LogP contribution is -2.33. The Morgan fingerprint density at radius 1 is 1.32 bits per heavy atom. The lowest BCUT2D eigenvalue weighted by Gasteiger charge is -2.10. The molecule has 0 unspecified atom stereocenters. The molecule has 3 rings (SSSR count). The maximum absolute atomic E-state index is 12.4. The van der Waals surface area contributed by atoms with Gasteiger partial charge in [-0.25, -0.2) is 0 Å². The van der Waals surface area contributed by atoms with Gasteiger partial charge < -0.3 is 10.4 Å². The van der Waals surface area contributed by atoms with Crippen LogP contribution in [0.5, 0.6) is 0 Å². The number of rotatable bonds is 6. The number of aliphatic carboxylic acids is 1. The van der Waals surface area contributed by atoms with Crippen molar-refractivity contribution in [2.45, 2.75) is 32.9 Å². The number of carboxylic acid groups (broad SMARTS) is 1. The van der Waals surface area contributed by atoms with Crippen LogP contribution in [0.15, 0.2) is 36.4 Å². The molecule has 0 aliphatic carbocycles. The van der Waals surface area contributed by atoms with Crippen LogP contribution < -0.4 is 5.32 Å². The number of carbonyl (C=O) groups is 2.